The number of pyridine rings is 1. The molecule has 94 valence electrons. The van der Waals surface area contributed by atoms with E-state index in [1.807, 2.05) is 30.3 Å². The smallest absolute Gasteiger partial charge is 0.264 e. The van der Waals surface area contributed by atoms with Crippen molar-refractivity contribution in [3.8, 4) is 0 Å². The van der Waals surface area contributed by atoms with Crippen molar-refractivity contribution >= 4 is 37.5 Å². The molecule has 2 rings (SSSR count). The molecule has 0 bridgehead atoms. The molecular formula is C13H12Br2N2O. The fourth-order valence-corrected chi connectivity index (χ4v) is 2.38. The van der Waals surface area contributed by atoms with Gasteiger partial charge in [-0.25, -0.2) is 0 Å². The fraction of sp³-hybridized carbons (Fsp3) is 0.154. The molecule has 1 aromatic heterocycles. The van der Waals surface area contributed by atoms with Crippen molar-refractivity contribution in [2.24, 2.45) is 0 Å². The highest BCUT2D eigenvalue weighted by molar-refractivity contribution is 9.10. The second-order valence-corrected chi connectivity index (χ2v) is 5.56. The summed E-state index contributed by atoms with van der Waals surface area (Å²) in [6.07, 6.45) is 1.79. The molecule has 0 unspecified atom stereocenters. The number of nitrogens with one attached hydrogen (secondary N) is 1. The molecule has 0 saturated carbocycles. The van der Waals surface area contributed by atoms with Gasteiger partial charge in [0, 0.05) is 29.4 Å². The maximum Gasteiger partial charge on any atom is 0.264 e. The Bertz CT molecular complexity index is 596. The molecule has 0 amide bonds. The Morgan fingerprint density at radius 2 is 2.00 bits per heavy atom. The Morgan fingerprint density at radius 3 is 2.78 bits per heavy atom. The predicted octanol–water partition coefficient (Wildman–Crippen LogP) is 3.49. The SMILES string of the molecule is O=c1c(Br)cccn1CCNc1cccc(Br)c1. The minimum atomic E-state index is -0.00598. The van der Waals surface area contributed by atoms with Crippen LogP contribution in [0.3, 0.4) is 0 Å². The maximum absolute atomic E-state index is 11.7. The summed E-state index contributed by atoms with van der Waals surface area (Å²) in [4.78, 5) is 11.7. The highest BCUT2D eigenvalue weighted by Gasteiger charge is 1.99. The van der Waals surface area contributed by atoms with Crippen LogP contribution in [0.4, 0.5) is 5.69 Å². The summed E-state index contributed by atoms with van der Waals surface area (Å²) in [6, 6.07) is 11.5. The lowest BCUT2D eigenvalue weighted by atomic mass is 10.3. The van der Waals surface area contributed by atoms with Crippen molar-refractivity contribution in [1.29, 1.82) is 0 Å². The Labute approximate surface area is 122 Å². The van der Waals surface area contributed by atoms with Crippen LogP contribution in [0.25, 0.3) is 0 Å². The molecule has 0 aliphatic carbocycles. The van der Waals surface area contributed by atoms with E-state index in [1.54, 1.807) is 16.8 Å². The lowest BCUT2D eigenvalue weighted by Gasteiger charge is -2.09. The molecule has 0 radical (unpaired) electrons. The van der Waals surface area contributed by atoms with Crippen LogP contribution in [0.2, 0.25) is 0 Å². The molecule has 1 N–H and O–H groups in total. The van der Waals surface area contributed by atoms with Crippen LogP contribution in [0.15, 0.2) is 56.3 Å². The number of nitrogens with zero attached hydrogens (tertiary/aromatic N) is 1. The first-order chi connectivity index (χ1) is 8.66. The number of anilines is 1. The van der Waals surface area contributed by atoms with E-state index in [1.165, 1.54) is 0 Å². The second kappa shape index (κ2) is 6.20. The quantitative estimate of drug-likeness (QED) is 0.892. The van der Waals surface area contributed by atoms with Gasteiger partial charge in [0.1, 0.15) is 0 Å². The molecule has 0 fully saturated rings. The summed E-state index contributed by atoms with van der Waals surface area (Å²) in [5, 5.41) is 3.28. The van der Waals surface area contributed by atoms with Crippen molar-refractivity contribution < 1.29 is 0 Å². The minimum absolute atomic E-state index is 0.00598. The molecule has 2 aromatic rings. The fourth-order valence-electron chi connectivity index (χ4n) is 1.60. The number of rotatable bonds is 4. The third-order valence-electron chi connectivity index (χ3n) is 2.48. The topological polar surface area (TPSA) is 34.0 Å². The first-order valence-electron chi connectivity index (χ1n) is 5.51. The Kier molecular flexibility index (Phi) is 4.60. The van der Waals surface area contributed by atoms with Crippen LogP contribution in [-0.2, 0) is 6.54 Å². The van der Waals surface area contributed by atoms with Gasteiger partial charge in [-0.2, -0.15) is 0 Å². The third kappa shape index (κ3) is 3.46. The van der Waals surface area contributed by atoms with Gasteiger partial charge >= 0.3 is 0 Å². The molecule has 0 aliphatic heterocycles. The largest absolute Gasteiger partial charge is 0.383 e. The van der Waals surface area contributed by atoms with Gasteiger partial charge in [0.2, 0.25) is 0 Å². The number of hydrogen-bond donors (Lipinski definition) is 1. The van der Waals surface area contributed by atoms with E-state index >= 15 is 0 Å². The summed E-state index contributed by atoms with van der Waals surface area (Å²) in [6.45, 7) is 1.33. The monoisotopic (exact) mass is 370 g/mol. The summed E-state index contributed by atoms with van der Waals surface area (Å²) < 4.78 is 3.30. The van der Waals surface area contributed by atoms with Crippen LogP contribution in [0, 0.1) is 0 Å². The van der Waals surface area contributed by atoms with Gasteiger partial charge in [0.05, 0.1) is 4.47 Å². The van der Waals surface area contributed by atoms with Gasteiger partial charge < -0.3 is 9.88 Å². The highest BCUT2D eigenvalue weighted by atomic mass is 79.9. The third-order valence-corrected chi connectivity index (χ3v) is 3.58. The van der Waals surface area contributed by atoms with E-state index < -0.39 is 0 Å². The van der Waals surface area contributed by atoms with Crippen LogP contribution in [-0.4, -0.2) is 11.1 Å². The first kappa shape index (κ1) is 13.4. The molecule has 3 nitrogen and oxygen atoms in total. The zero-order valence-corrected chi connectivity index (χ0v) is 12.7. The lowest BCUT2D eigenvalue weighted by molar-refractivity contribution is 0.694. The number of benzene rings is 1. The maximum atomic E-state index is 11.7. The Hall–Kier alpha value is -1.07. The van der Waals surface area contributed by atoms with Crippen molar-refractivity contribution in [3.63, 3.8) is 0 Å². The average Bonchev–Trinajstić information content (AvgIpc) is 2.35. The molecule has 0 atom stereocenters. The summed E-state index contributed by atoms with van der Waals surface area (Å²) in [5.74, 6) is 0. The second-order valence-electron chi connectivity index (χ2n) is 3.79. The molecule has 5 heteroatoms. The molecule has 1 aromatic carbocycles. The van der Waals surface area contributed by atoms with E-state index in [0.717, 1.165) is 10.2 Å². The van der Waals surface area contributed by atoms with Gasteiger partial charge in [-0.15, -0.1) is 0 Å². The summed E-state index contributed by atoms with van der Waals surface area (Å²) in [5.41, 5.74) is 1.03. The van der Waals surface area contributed by atoms with Crippen molar-refractivity contribution in [2.75, 3.05) is 11.9 Å². The summed E-state index contributed by atoms with van der Waals surface area (Å²) >= 11 is 6.65. The standard InChI is InChI=1S/C13H12Br2N2O/c14-10-3-1-4-11(9-10)16-6-8-17-7-2-5-12(15)13(17)18/h1-5,7,9,16H,6,8H2. The van der Waals surface area contributed by atoms with Crippen LogP contribution in [0.1, 0.15) is 0 Å². The average molecular weight is 372 g/mol. The predicted molar refractivity (Wildman–Crippen MR) is 81.0 cm³/mol. The van der Waals surface area contributed by atoms with Gasteiger partial charge in [-0.05, 0) is 46.3 Å². The molecule has 0 spiro atoms. The van der Waals surface area contributed by atoms with E-state index in [0.29, 0.717) is 17.6 Å². The lowest BCUT2D eigenvalue weighted by Crippen LogP contribution is -2.23. The van der Waals surface area contributed by atoms with Crippen molar-refractivity contribution in [1.82, 2.24) is 4.57 Å². The molecule has 18 heavy (non-hydrogen) atoms. The van der Waals surface area contributed by atoms with E-state index in [9.17, 15) is 4.79 Å². The number of hydrogen-bond acceptors (Lipinski definition) is 2. The Balaban J connectivity index is 1.97. The van der Waals surface area contributed by atoms with Crippen molar-refractivity contribution in [2.45, 2.75) is 6.54 Å². The van der Waals surface area contributed by atoms with Crippen LogP contribution < -0.4 is 10.9 Å². The van der Waals surface area contributed by atoms with Gasteiger partial charge in [0.25, 0.3) is 5.56 Å². The molecule has 0 saturated heterocycles. The van der Waals surface area contributed by atoms with Crippen LogP contribution in [0.5, 0.6) is 0 Å². The molecular weight excluding hydrogens is 360 g/mol. The Morgan fingerprint density at radius 1 is 1.17 bits per heavy atom. The van der Waals surface area contributed by atoms with Crippen LogP contribution >= 0.6 is 31.9 Å². The normalized spacial score (nSPS) is 10.3. The van der Waals surface area contributed by atoms with E-state index in [2.05, 4.69) is 37.2 Å². The summed E-state index contributed by atoms with van der Waals surface area (Å²) in [7, 11) is 0. The molecule has 0 aliphatic rings. The number of halogens is 2. The highest BCUT2D eigenvalue weighted by Crippen LogP contribution is 2.15. The number of aromatic nitrogens is 1. The minimum Gasteiger partial charge on any atom is -0.383 e. The first-order valence-corrected chi connectivity index (χ1v) is 7.10. The van der Waals surface area contributed by atoms with Gasteiger partial charge in [0.15, 0.2) is 0 Å². The van der Waals surface area contributed by atoms with Gasteiger partial charge in [-0.3, -0.25) is 4.79 Å². The van der Waals surface area contributed by atoms with Crippen molar-refractivity contribution in [3.05, 3.63) is 61.9 Å². The van der Waals surface area contributed by atoms with E-state index in [4.69, 9.17) is 0 Å². The zero-order valence-electron chi connectivity index (χ0n) is 9.57. The van der Waals surface area contributed by atoms with E-state index in [-0.39, 0.29) is 5.56 Å². The van der Waals surface area contributed by atoms with Gasteiger partial charge in [-0.1, -0.05) is 22.0 Å². The molecule has 1 heterocycles. The zero-order chi connectivity index (χ0) is 13.0.